The molecule has 2 aromatic carbocycles. The van der Waals surface area contributed by atoms with Crippen LogP contribution in [0.15, 0.2) is 94.1 Å². The van der Waals surface area contributed by atoms with Gasteiger partial charge in [0.25, 0.3) is 0 Å². The molecule has 160 valence electrons. The molecular formula is C28H30Cl2Zr. The summed E-state index contributed by atoms with van der Waals surface area (Å²) in [6.45, 7) is 8.79. The van der Waals surface area contributed by atoms with E-state index in [1.165, 1.54) is 44.6 Å². The molecule has 2 aromatic rings. The topological polar surface area (TPSA) is 0 Å². The van der Waals surface area contributed by atoms with Gasteiger partial charge in [-0.3, -0.25) is 12.2 Å². The van der Waals surface area contributed by atoms with Crippen molar-refractivity contribution in [2.45, 2.75) is 53.4 Å². The second kappa shape index (κ2) is 14.8. The number of benzene rings is 2. The van der Waals surface area contributed by atoms with Crippen molar-refractivity contribution in [2.75, 3.05) is 0 Å². The minimum absolute atomic E-state index is 0. The van der Waals surface area contributed by atoms with Crippen LogP contribution in [0.5, 0.6) is 0 Å². The maximum absolute atomic E-state index is 3.45. The van der Waals surface area contributed by atoms with E-state index >= 15 is 0 Å². The van der Waals surface area contributed by atoms with Gasteiger partial charge in [-0.1, -0.05) is 74.5 Å². The fourth-order valence-corrected chi connectivity index (χ4v) is 3.51. The van der Waals surface area contributed by atoms with Crippen molar-refractivity contribution in [3.63, 3.8) is 0 Å². The third kappa shape index (κ3) is 8.72. The first-order valence-electron chi connectivity index (χ1n) is 10.1. The molecule has 0 radical (unpaired) electrons. The second-order valence-corrected chi connectivity index (χ2v) is 7.80. The van der Waals surface area contributed by atoms with Crippen LogP contribution in [-0.4, -0.2) is 0 Å². The average Bonchev–Trinajstić information content (AvgIpc) is 3.21. The van der Waals surface area contributed by atoms with E-state index in [0.717, 1.165) is 25.7 Å². The molecule has 3 heteroatoms. The van der Waals surface area contributed by atoms with Gasteiger partial charge in [-0.2, -0.15) is 22.3 Å². The monoisotopic (exact) mass is 526 g/mol. The molecule has 0 bridgehead atoms. The fraction of sp³-hybridized carbons (Fsp3) is 0.286. The maximum Gasteiger partial charge on any atom is 4.00 e. The van der Waals surface area contributed by atoms with Crippen LogP contribution in [-0.2, 0) is 39.0 Å². The van der Waals surface area contributed by atoms with Crippen molar-refractivity contribution in [3.8, 4) is 0 Å². The van der Waals surface area contributed by atoms with E-state index in [1.54, 1.807) is 0 Å². The fourth-order valence-electron chi connectivity index (χ4n) is 3.51. The van der Waals surface area contributed by atoms with Gasteiger partial charge in [0, 0.05) is 0 Å². The molecule has 0 N–H and O–H groups in total. The van der Waals surface area contributed by atoms with E-state index < -0.39 is 0 Å². The third-order valence-electron chi connectivity index (χ3n) is 5.77. The van der Waals surface area contributed by atoms with Crippen molar-refractivity contribution < 1.29 is 51.0 Å². The third-order valence-corrected chi connectivity index (χ3v) is 5.77. The largest absolute Gasteiger partial charge is 4.00 e. The zero-order valence-corrected chi connectivity index (χ0v) is 22.8. The Bertz CT molecular complexity index is 856. The summed E-state index contributed by atoms with van der Waals surface area (Å²) in [5, 5.41) is 0. The maximum atomic E-state index is 3.45. The summed E-state index contributed by atoms with van der Waals surface area (Å²) in [5.41, 5.74) is 11.3. The Morgan fingerprint density at radius 1 is 0.581 bits per heavy atom. The molecule has 0 fully saturated rings. The molecule has 0 aliphatic heterocycles. The Hall–Kier alpha value is -1.14. The van der Waals surface area contributed by atoms with Gasteiger partial charge in [0.05, 0.1) is 0 Å². The van der Waals surface area contributed by atoms with Crippen LogP contribution in [0.2, 0.25) is 0 Å². The molecule has 0 aromatic heterocycles. The molecule has 0 atom stereocenters. The van der Waals surface area contributed by atoms with Gasteiger partial charge in [-0.25, -0.2) is 11.1 Å². The molecule has 0 nitrogen and oxygen atoms in total. The summed E-state index contributed by atoms with van der Waals surface area (Å²) >= 11 is 0. The van der Waals surface area contributed by atoms with Gasteiger partial charge in [0.15, 0.2) is 0 Å². The number of hydrogen-bond donors (Lipinski definition) is 0. The predicted octanol–water partition coefficient (Wildman–Crippen LogP) is 1.40. The average molecular weight is 529 g/mol. The van der Waals surface area contributed by atoms with Crippen molar-refractivity contribution in [1.82, 2.24) is 0 Å². The Morgan fingerprint density at radius 2 is 0.903 bits per heavy atom. The van der Waals surface area contributed by atoms with E-state index in [9.17, 15) is 0 Å². The number of rotatable bonds is 4. The summed E-state index contributed by atoms with van der Waals surface area (Å²) in [6, 6.07) is 21.2. The molecule has 0 spiro atoms. The van der Waals surface area contributed by atoms with Gasteiger partial charge in [-0.15, -0.1) is 26.7 Å². The number of hydrogen-bond acceptors (Lipinski definition) is 0. The molecule has 0 amide bonds. The quantitative estimate of drug-likeness (QED) is 0.527. The summed E-state index contributed by atoms with van der Waals surface area (Å²) in [5.74, 6) is 0. The molecule has 2 aliphatic carbocycles. The molecule has 31 heavy (non-hydrogen) atoms. The summed E-state index contributed by atoms with van der Waals surface area (Å²) < 4.78 is 0. The Morgan fingerprint density at radius 3 is 1.16 bits per heavy atom. The first-order valence-corrected chi connectivity index (χ1v) is 10.1. The molecule has 0 saturated heterocycles. The van der Waals surface area contributed by atoms with Crippen LogP contribution in [0.1, 0.15) is 51.7 Å². The van der Waals surface area contributed by atoms with Gasteiger partial charge in [0.2, 0.25) is 0 Å². The van der Waals surface area contributed by atoms with Gasteiger partial charge in [-0.05, 0) is 24.0 Å². The molecule has 4 rings (SSSR count). The molecule has 0 saturated carbocycles. The SMILES string of the molecule is CC1=C(C)C(Cc2ccccc2)=[C-]C1.CC1=C(C)C(Cc2ccccc2)=[C-]C1.[Cl-].[Cl-].[Zr+4]. The number of halogens is 2. The zero-order chi connectivity index (χ0) is 19.9. The number of allylic oxidation sites excluding steroid dienone is 8. The minimum Gasteiger partial charge on any atom is -1.00 e. The van der Waals surface area contributed by atoms with Gasteiger partial charge >= 0.3 is 26.2 Å². The van der Waals surface area contributed by atoms with Crippen LogP contribution < -0.4 is 24.8 Å². The molecule has 0 unspecified atom stereocenters. The normalized spacial score (nSPS) is 14.5. The van der Waals surface area contributed by atoms with E-state index in [-0.39, 0.29) is 51.0 Å². The first-order chi connectivity index (χ1) is 13.5. The van der Waals surface area contributed by atoms with E-state index in [4.69, 9.17) is 0 Å². The summed E-state index contributed by atoms with van der Waals surface area (Å²) in [7, 11) is 0. The van der Waals surface area contributed by atoms with Crippen molar-refractivity contribution in [3.05, 3.63) is 117 Å². The minimum atomic E-state index is 0. The standard InChI is InChI=1S/2C14H15.2ClH.Zr/c2*1-11-8-9-14(12(11)2)10-13-6-4-3-5-7-13;;;/h2*3-7H,8,10H2,1-2H3;2*1H;/q2*-1;;;+4/p-2. The van der Waals surface area contributed by atoms with Gasteiger partial charge in [0.1, 0.15) is 0 Å². The van der Waals surface area contributed by atoms with Crippen LogP contribution >= 0.6 is 0 Å². The molecular weight excluding hydrogens is 498 g/mol. The van der Waals surface area contributed by atoms with Crippen LogP contribution in [0, 0.1) is 12.2 Å². The van der Waals surface area contributed by atoms with Crippen molar-refractivity contribution in [2.24, 2.45) is 0 Å². The van der Waals surface area contributed by atoms with Crippen molar-refractivity contribution in [1.29, 1.82) is 0 Å². The van der Waals surface area contributed by atoms with Gasteiger partial charge < -0.3 is 24.8 Å². The Labute approximate surface area is 220 Å². The second-order valence-electron chi connectivity index (χ2n) is 7.80. The van der Waals surface area contributed by atoms with Crippen LogP contribution in [0.4, 0.5) is 0 Å². The molecule has 0 heterocycles. The molecule has 2 aliphatic rings. The van der Waals surface area contributed by atoms with Crippen LogP contribution in [0.3, 0.4) is 0 Å². The Kier molecular flexibility index (Phi) is 14.3. The van der Waals surface area contributed by atoms with Crippen LogP contribution in [0.25, 0.3) is 0 Å². The summed E-state index contributed by atoms with van der Waals surface area (Å²) in [4.78, 5) is 0. The smallest absolute Gasteiger partial charge is 1.00 e. The predicted molar refractivity (Wildman–Crippen MR) is 120 cm³/mol. The first kappa shape index (κ1) is 29.9. The summed E-state index contributed by atoms with van der Waals surface area (Å²) in [6.07, 6.45) is 11.0. The van der Waals surface area contributed by atoms with E-state index in [0.29, 0.717) is 0 Å². The van der Waals surface area contributed by atoms with Crippen molar-refractivity contribution >= 4 is 0 Å². The zero-order valence-electron chi connectivity index (χ0n) is 18.9. The van der Waals surface area contributed by atoms with E-state index in [1.807, 2.05) is 0 Å². The Balaban J connectivity index is 0.000000529. The van der Waals surface area contributed by atoms with E-state index in [2.05, 4.69) is 101 Å².